The van der Waals surface area contributed by atoms with Crippen LogP contribution in [0.4, 0.5) is 0 Å². The summed E-state index contributed by atoms with van der Waals surface area (Å²) < 4.78 is 0. The van der Waals surface area contributed by atoms with Gasteiger partial charge in [-0.05, 0) is 42.6 Å². The van der Waals surface area contributed by atoms with E-state index < -0.39 is 0 Å². The molecule has 3 aliphatic rings. The van der Waals surface area contributed by atoms with E-state index in [2.05, 4.69) is 6.08 Å². The lowest BCUT2D eigenvalue weighted by Crippen LogP contribution is -2.40. The predicted molar refractivity (Wildman–Crippen MR) is 74.2 cm³/mol. The van der Waals surface area contributed by atoms with Gasteiger partial charge in [0.2, 0.25) is 0 Å². The molecular formula is C17H22O. The zero-order chi connectivity index (χ0) is 12.4. The first-order chi connectivity index (χ1) is 8.84. The van der Waals surface area contributed by atoms with Crippen LogP contribution < -0.4 is 0 Å². The summed E-state index contributed by atoms with van der Waals surface area (Å²) >= 11 is 0. The van der Waals surface area contributed by atoms with Gasteiger partial charge in [-0.25, -0.2) is 0 Å². The van der Waals surface area contributed by atoms with Crippen LogP contribution in [0.2, 0.25) is 0 Å². The molecule has 0 saturated heterocycles. The maximum Gasteiger partial charge on any atom is 0.159 e. The highest BCUT2D eigenvalue weighted by atomic mass is 16.1. The van der Waals surface area contributed by atoms with E-state index in [0.29, 0.717) is 11.7 Å². The summed E-state index contributed by atoms with van der Waals surface area (Å²) in [5.74, 6) is 2.92. The number of hydrogen-bond donors (Lipinski definition) is 0. The maximum absolute atomic E-state index is 12.3. The fourth-order valence-electron chi connectivity index (χ4n) is 3.91. The molecule has 0 aromatic heterocycles. The minimum Gasteiger partial charge on any atom is -0.295 e. The van der Waals surface area contributed by atoms with Gasteiger partial charge in [-0.2, -0.15) is 0 Å². The van der Waals surface area contributed by atoms with Gasteiger partial charge < -0.3 is 0 Å². The van der Waals surface area contributed by atoms with Gasteiger partial charge in [0, 0.05) is 6.42 Å². The maximum atomic E-state index is 12.3. The number of fused-ring (bicyclic) bond motifs is 1. The Bertz CT molecular complexity index is 413. The summed E-state index contributed by atoms with van der Waals surface area (Å²) in [5, 5.41) is 0. The normalized spacial score (nSPS) is 34.2. The Morgan fingerprint density at radius 1 is 1.17 bits per heavy atom. The minimum absolute atomic E-state index is 0.389. The third kappa shape index (κ3) is 2.36. The average molecular weight is 242 g/mol. The van der Waals surface area contributed by atoms with Crippen LogP contribution in [-0.4, -0.2) is 5.78 Å². The van der Waals surface area contributed by atoms with Crippen molar-refractivity contribution in [2.24, 2.45) is 17.8 Å². The fourth-order valence-corrected chi connectivity index (χ4v) is 3.91. The number of hydrogen-bond acceptors (Lipinski definition) is 1. The molecule has 96 valence electrons. The van der Waals surface area contributed by atoms with Gasteiger partial charge in [0.05, 0.1) is 0 Å². The van der Waals surface area contributed by atoms with E-state index in [4.69, 9.17) is 0 Å². The minimum atomic E-state index is 0.389. The molecular weight excluding hydrogens is 220 g/mol. The lowest BCUT2D eigenvalue weighted by Gasteiger charge is -2.48. The van der Waals surface area contributed by atoms with Crippen molar-refractivity contribution in [1.82, 2.24) is 0 Å². The summed E-state index contributed by atoms with van der Waals surface area (Å²) in [7, 11) is 0. The molecule has 0 radical (unpaired) electrons. The number of ketones is 1. The summed E-state index contributed by atoms with van der Waals surface area (Å²) in [5.41, 5.74) is 0.999. The molecule has 3 atom stereocenters. The van der Waals surface area contributed by atoms with Crippen LogP contribution in [0, 0.1) is 17.8 Å². The molecule has 2 fully saturated rings. The number of allylic oxidation sites excluding steroid dienone is 6. The van der Waals surface area contributed by atoms with Crippen LogP contribution in [0.5, 0.6) is 0 Å². The molecule has 0 aromatic rings. The lowest BCUT2D eigenvalue weighted by atomic mass is 9.57. The summed E-state index contributed by atoms with van der Waals surface area (Å²) in [6.07, 6.45) is 18.6. The molecule has 1 nitrogen and oxygen atoms in total. The molecule has 0 aliphatic heterocycles. The van der Waals surface area contributed by atoms with Crippen molar-refractivity contribution >= 4 is 5.78 Å². The first kappa shape index (κ1) is 12.0. The van der Waals surface area contributed by atoms with Gasteiger partial charge >= 0.3 is 0 Å². The van der Waals surface area contributed by atoms with Crippen molar-refractivity contribution in [2.45, 2.75) is 44.9 Å². The second kappa shape index (κ2) is 5.26. The molecule has 0 bridgehead atoms. The molecule has 0 spiro atoms. The van der Waals surface area contributed by atoms with Crippen molar-refractivity contribution in [1.29, 1.82) is 0 Å². The average Bonchev–Trinajstić information content (AvgIpc) is 2.64. The highest BCUT2D eigenvalue weighted by Gasteiger charge is 2.42. The van der Waals surface area contributed by atoms with Crippen molar-refractivity contribution in [3.05, 3.63) is 36.0 Å². The predicted octanol–water partition coefficient (Wildman–Crippen LogP) is 4.21. The van der Waals surface area contributed by atoms with E-state index in [1.807, 2.05) is 24.3 Å². The third-order valence-corrected chi connectivity index (χ3v) is 4.98. The number of carbonyl (C=O) groups is 1. The van der Waals surface area contributed by atoms with Gasteiger partial charge in [-0.3, -0.25) is 4.79 Å². The molecule has 18 heavy (non-hydrogen) atoms. The first-order valence-corrected chi connectivity index (χ1v) is 7.40. The highest BCUT2D eigenvalue weighted by Crippen LogP contribution is 2.50. The molecule has 0 heterocycles. The van der Waals surface area contributed by atoms with Gasteiger partial charge in [0.25, 0.3) is 0 Å². The summed E-state index contributed by atoms with van der Waals surface area (Å²) in [6.45, 7) is 0. The number of carbonyl (C=O) groups excluding carboxylic acids is 1. The monoisotopic (exact) mass is 242 g/mol. The number of rotatable bonds is 3. The molecule has 2 saturated carbocycles. The van der Waals surface area contributed by atoms with Crippen molar-refractivity contribution in [3.63, 3.8) is 0 Å². The highest BCUT2D eigenvalue weighted by molar-refractivity contribution is 5.96. The van der Waals surface area contributed by atoms with Gasteiger partial charge in [0.15, 0.2) is 5.78 Å². The standard InChI is InChI=1S/C17H22O/c18-17(13-7-3-1-2-4-8-13)12-15-11-14-9-5-6-10-16(14)15/h1-4,7,14-16H,5-6,8-12H2. The van der Waals surface area contributed by atoms with E-state index >= 15 is 0 Å². The van der Waals surface area contributed by atoms with Crippen LogP contribution in [0.3, 0.4) is 0 Å². The Kier molecular flexibility index (Phi) is 3.49. The van der Waals surface area contributed by atoms with Crippen LogP contribution in [0.15, 0.2) is 36.0 Å². The topological polar surface area (TPSA) is 17.1 Å². The van der Waals surface area contributed by atoms with Crippen LogP contribution >= 0.6 is 0 Å². The van der Waals surface area contributed by atoms with E-state index in [0.717, 1.165) is 30.3 Å². The zero-order valence-corrected chi connectivity index (χ0v) is 11.0. The fraction of sp³-hybridized carbons (Fsp3) is 0.588. The molecule has 1 heteroatoms. The second-order valence-corrected chi connectivity index (χ2v) is 6.04. The zero-order valence-electron chi connectivity index (χ0n) is 11.0. The first-order valence-electron chi connectivity index (χ1n) is 7.40. The number of Topliss-reactive ketones (excluding diaryl/α,β-unsaturated/α-hetero) is 1. The Balaban J connectivity index is 1.57. The third-order valence-electron chi connectivity index (χ3n) is 4.98. The Hall–Kier alpha value is -1.11. The van der Waals surface area contributed by atoms with Crippen LogP contribution in [0.1, 0.15) is 44.9 Å². The summed E-state index contributed by atoms with van der Waals surface area (Å²) in [6, 6.07) is 0. The Morgan fingerprint density at radius 3 is 2.94 bits per heavy atom. The van der Waals surface area contributed by atoms with Crippen LogP contribution in [-0.2, 0) is 4.79 Å². The van der Waals surface area contributed by atoms with E-state index in [9.17, 15) is 4.79 Å². The SMILES string of the molecule is O=C(CC1CC2CCCCC21)C1=CC=CC=CC1. The smallest absolute Gasteiger partial charge is 0.159 e. The van der Waals surface area contributed by atoms with Crippen LogP contribution in [0.25, 0.3) is 0 Å². The molecule has 0 amide bonds. The molecule has 3 unspecified atom stereocenters. The molecule has 3 aliphatic carbocycles. The molecule has 0 N–H and O–H groups in total. The van der Waals surface area contributed by atoms with Gasteiger partial charge in [0.1, 0.15) is 0 Å². The lowest BCUT2D eigenvalue weighted by molar-refractivity contribution is -0.119. The van der Waals surface area contributed by atoms with Gasteiger partial charge in [-0.1, -0.05) is 49.6 Å². The molecule has 3 rings (SSSR count). The van der Waals surface area contributed by atoms with E-state index in [1.165, 1.54) is 32.1 Å². The Morgan fingerprint density at radius 2 is 2.06 bits per heavy atom. The van der Waals surface area contributed by atoms with Crippen molar-refractivity contribution in [3.8, 4) is 0 Å². The molecule has 0 aromatic carbocycles. The van der Waals surface area contributed by atoms with Crippen molar-refractivity contribution < 1.29 is 4.79 Å². The Labute approximate surface area is 110 Å². The van der Waals surface area contributed by atoms with Gasteiger partial charge in [-0.15, -0.1) is 0 Å². The van der Waals surface area contributed by atoms with E-state index in [1.54, 1.807) is 0 Å². The van der Waals surface area contributed by atoms with E-state index in [-0.39, 0.29) is 0 Å². The quantitative estimate of drug-likeness (QED) is 0.724. The summed E-state index contributed by atoms with van der Waals surface area (Å²) in [4.78, 5) is 12.3. The second-order valence-electron chi connectivity index (χ2n) is 6.04. The van der Waals surface area contributed by atoms with Crippen molar-refractivity contribution in [2.75, 3.05) is 0 Å². The largest absolute Gasteiger partial charge is 0.295 e.